The summed E-state index contributed by atoms with van der Waals surface area (Å²) in [6, 6.07) is 10.0. The number of carbonyl (C=O) groups excluding carboxylic acids is 1. The van der Waals surface area contributed by atoms with E-state index in [0.717, 1.165) is 10.0 Å². The van der Waals surface area contributed by atoms with Gasteiger partial charge in [0.2, 0.25) is 0 Å². The van der Waals surface area contributed by atoms with Gasteiger partial charge >= 0.3 is 5.97 Å². The van der Waals surface area contributed by atoms with Gasteiger partial charge in [-0.25, -0.2) is 9.79 Å². The highest BCUT2D eigenvalue weighted by atomic mass is 127. The van der Waals surface area contributed by atoms with Crippen molar-refractivity contribution in [3.63, 3.8) is 0 Å². The fraction of sp³-hybridized carbons (Fsp3) is 0.240. The van der Waals surface area contributed by atoms with E-state index in [1.54, 1.807) is 58.2 Å². The van der Waals surface area contributed by atoms with Crippen molar-refractivity contribution in [3.05, 3.63) is 86.5 Å². The van der Waals surface area contributed by atoms with Gasteiger partial charge in [0.05, 0.1) is 38.6 Å². The molecular weight excluding hydrogens is 647 g/mol. The molecule has 0 spiro atoms. The van der Waals surface area contributed by atoms with Gasteiger partial charge in [-0.2, -0.15) is 0 Å². The Kier molecular flexibility index (Phi) is 7.53. The molecule has 35 heavy (non-hydrogen) atoms. The summed E-state index contributed by atoms with van der Waals surface area (Å²) < 4.78 is 14.1. The minimum Gasteiger partial charge on any atom is -0.506 e. The SMILES string of the molecule is COc1ccc([C@H]2C(C(=O)OC(C)C)=C(C)N=c3s/c(=C/c4cc(Br)cc(I)c4O)c(=O)n32)cc1. The van der Waals surface area contributed by atoms with Crippen molar-refractivity contribution >= 4 is 61.9 Å². The Morgan fingerprint density at radius 3 is 2.60 bits per heavy atom. The number of benzene rings is 2. The van der Waals surface area contributed by atoms with Gasteiger partial charge < -0.3 is 14.6 Å². The van der Waals surface area contributed by atoms with E-state index in [4.69, 9.17) is 9.47 Å². The molecule has 0 bridgehead atoms. The van der Waals surface area contributed by atoms with Crippen molar-refractivity contribution in [2.75, 3.05) is 7.11 Å². The summed E-state index contributed by atoms with van der Waals surface area (Å²) >= 11 is 6.67. The number of aromatic hydroxyl groups is 1. The van der Waals surface area contributed by atoms with Gasteiger partial charge in [-0.15, -0.1) is 0 Å². The number of hydrogen-bond donors (Lipinski definition) is 1. The number of rotatable bonds is 5. The first-order chi connectivity index (χ1) is 16.6. The molecule has 1 atom stereocenters. The molecule has 4 rings (SSSR count). The zero-order valence-electron chi connectivity index (χ0n) is 19.3. The Hall–Kier alpha value is -2.44. The number of carbonyl (C=O) groups is 1. The molecule has 182 valence electrons. The first-order valence-electron chi connectivity index (χ1n) is 10.7. The van der Waals surface area contributed by atoms with Crippen LogP contribution in [0.1, 0.15) is 37.9 Å². The number of hydrogen-bond acceptors (Lipinski definition) is 7. The summed E-state index contributed by atoms with van der Waals surface area (Å²) in [6.45, 7) is 5.29. The number of ether oxygens (including phenoxy) is 2. The summed E-state index contributed by atoms with van der Waals surface area (Å²) in [4.78, 5) is 31.9. The van der Waals surface area contributed by atoms with Crippen LogP contribution >= 0.6 is 49.9 Å². The van der Waals surface area contributed by atoms with E-state index < -0.39 is 12.0 Å². The molecule has 0 amide bonds. The number of halogens is 2. The van der Waals surface area contributed by atoms with Crippen molar-refractivity contribution < 1.29 is 19.4 Å². The van der Waals surface area contributed by atoms with Crippen LogP contribution in [0.5, 0.6) is 11.5 Å². The average Bonchev–Trinajstić information content (AvgIpc) is 3.10. The molecule has 0 saturated heterocycles. The Balaban J connectivity index is 1.96. The maximum atomic E-state index is 13.7. The lowest BCUT2D eigenvalue weighted by Gasteiger charge is -2.25. The van der Waals surface area contributed by atoms with Crippen LogP contribution in [-0.2, 0) is 9.53 Å². The Morgan fingerprint density at radius 1 is 1.29 bits per heavy atom. The maximum Gasteiger partial charge on any atom is 0.338 e. The lowest BCUT2D eigenvalue weighted by Crippen LogP contribution is -2.40. The van der Waals surface area contributed by atoms with Crippen molar-refractivity contribution in [3.8, 4) is 11.5 Å². The number of fused-ring (bicyclic) bond motifs is 1. The molecule has 10 heteroatoms. The van der Waals surface area contributed by atoms with Gasteiger partial charge in [0, 0.05) is 10.0 Å². The predicted octanol–water partition coefficient (Wildman–Crippen LogP) is 4.27. The summed E-state index contributed by atoms with van der Waals surface area (Å²) in [5.74, 6) is 0.229. The van der Waals surface area contributed by atoms with E-state index in [-0.39, 0.29) is 17.4 Å². The van der Waals surface area contributed by atoms with Crippen molar-refractivity contribution in [1.29, 1.82) is 0 Å². The lowest BCUT2D eigenvalue weighted by molar-refractivity contribution is -0.143. The average molecular weight is 669 g/mol. The number of phenolic OH excluding ortho intramolecular Hbond substituents is 1. The maximum absolute atomic E-state index is 13.7. The quantitative estimate of drug-likeness (QED) is 0.324. The summed E-state index contributed by atoms with van der Waals surface area (Å²) in [5.41, 5.74) is 1.71. The zero-order chi connectivity index (χ0) is 25.4. The van der Waals surface area contributed by atoms with Gasteiger partial charge in [-0.1, -0.05) is 39.4 Å². The molecule has 2 heterocycles. The number of esters is 1. The second kappa shape index (κ2) is 10.3. The first-order valence-corrected chi connectivity index (χ1v) is 13.3. The third-order valence-electron chi connectivity index (χ3n) is 5.36. The number of thiazole rings is 1. The zero-order valence-corrected chi connectivity index (χ0v) is 23.9. The number of phenols is 1. The Bertz CT molecular complexity index is 1520. The number of aromatic nitrogens is 1. The van der Waals surface area contributed by atoms with E-state index in [2.05, 4.69) is 20.9 Å². The fourth-order valence-corrected chi connectivity index (χ4v) is 6.39. The molecular formula is C25H22BrIN2O5S. The van der Waals surface area contributed by atoms with Gasteiger partial charge in [-0.3, -0.25) is 9.36 Å². The molecule has 3 aromatic rings. The molecule has 1 N–H and O–H groups in total. The van der Waals surface area contributed by atoms with Crippen LogP contribution in [0.3, 0.4) is 0 Å². The molecule has 0 aliphatic carbocycles. The lowest BCUT2D eigenvalue weighted by atomic mass is 9.96. The molecule has 1 aliphatic rings. The summed E-state index contributed by atoms with van der Waals surface area (Å²) in [6.07, 6.45) is 1.31. The summed E-state index contributed by atoms with van der Waals surface area (Å²) in [5, 5.41) is 10.5. The van der Waals surface area contributed by atoms with Crippen LogP contribution in [-0.4, -0.2) is 28.9 Å². The largest absolute Gasteiger partial charge is 0.506 e. The van der Waals surface area contributed by atoms with Crippen LogP contribution in [0.2, 0.25) is 0 Å². The molecule has 0 unspecified atom stereocenters. The van der Waals surface area contributed by atoms with Crippen LogP contribution in [0, 0.1) is 3.57 Å². The first kappa shape index (κ1) is 25.6. The smallest absolute Gasteiger partial charge is 0.338 e. The molecule has 0 fully saturated rings. The number of methoxy groups -OCH3 is 1. The van der Waals surface area contributed by atoms with Crippen molar-refractivity contribution in [2.24, 2.45) is 4.99 Å². The summed E-state index contributed by atoms with van der Waals surface area (Å²) in [7, 11) is 1.58. The molecule has 2 aromatic carbocycles. The second-order valence-electron chi connectivity index (χ2n) is 8.13. The van der Waals surface area contributed by atoms with E-state index in [1.807, 2.05) is 34.7 Å². The molecule has 7 nitrogen and oxygen atoms in total. The van der Waals surface area contributed by atoms with Gasteiger partial charge in [-0.05, 0) is 79.3 Å². The standard InChI is InChI=1S/C25H22BrIN2O5S/c1-12(2)34-24(32)20-13(3)28-25-29(21(20)14-5-7-17(33-4)8-6-14)23(31)19(35-25)10-15-9-16(26)11-18(27)22(15)30/h5-12,21,30H,1-4H3/b19-10+/t21-/m0/s1. The Morgan fingerprint density at radius 2 is 1.97 bits per heavy atom. The third-order valence-corrected chi connectivity index (χ3v) is 7.62. The molecule has 1 aromatic heterocycles. The van der Waals surface area contributed by atoms with E-state index >= 15 is 0 Å². The van der Waals surface area contributed by atoms with Crippen molar-refractivity contribution in [1.82, 2.24) is 4.57 Å². The van der Waals surface area contributed by atoms with E-state index in [9.17, 15) is 14.7 Å². The molecule has 1 aliphatic heterocycles. The number of allylic oxidation sites excluding steroid dienone is 1. The highest BCUT2D eigenvalue weighted by molar-refractivity contribution is 14.1. The van der Waals surface area contributed by atoms with Crippen LogP contribution < -0.4 is 19.6 Å². The fourth-order valence-electron chi connectivity index (χ4n) is 3.80. The highest BCUT2D eigenvalue weighted by Gasteiger charge is 2.33. The normalized spacial score (nSPS) is 15.7. The highest BCUT2D eigenvalue weighted by Crippen LogP contribution is 2.32. The topological polar surface area (TPSA) is 90.1 Å². The van der Waals surface area contributed by atoms with Crippen LogP contribution in [0.4, 0.5) is 0 Å². The Labute approximate surface area is 227 Å². The van der Waals surface area contributed by atoms with Gasteiger partial charge in [0.25, 0.3) is 5.56 Å². The number of nitrogens with zero attached hydrogens (tertiary/aromatic N) is 2. The minimum atomic E-state index is -0.721. The van der Waals surface area contributed by atoms with Gasteiger partial charge in [0.1, 0.15) is 11.5 Å². The predicted molar refractivity (Wildman–Crippen MR) is 147 cm³/mol. The van der Waals surface area contributed by atoms with E-state index in [0.29, 0.717) is 35.5 Å². The van der Waals surface area contributed by atoms with E-state index in [1.165, 1.54) is 15.9 Å². The van der Waals surface area contributed by atoms with Gasteiger partial charge in [0.15, 0.2) is 4.80 Å². The van der Waals surface area contributed by atoms with Crippen LogP contribution in [0.15, 0.2) is 61.9 Å². The molecule has 0 radical (unpaired) electrons. The monoisotopic (exact) mass is 668 g/mol. The van der Waals surface area contributed by atoms with Crippen molar-refractivity contribution in [2.45, 2.75) is 32.9 Å². The molecule has 0 saturated carbocycles. The third kappa shape index (κ3) is 5.10. The van der Waals surface area contributed by atoms with Crippen LogP contribution in [0.25, 0.3) is 6.08 Å². The second-order valence-corrected chi connectivity index (χ2v) is 11.2. The minimum absolute atomic E-state index is 0.0868.